The van der Waals surface area contributed by atoms with E-state index in [0.29, 0.717) is 45.9 Å². The molecule has 34 heavy (non-hydrogen) atoms. The van der Waals surface area contributed by atoms with E-state index in [1.807, 2.05) is 12.1 Å². The Morgan fingerprint density at radius 1 is 1.18 bits per heavy atom. The highest BCUT2D eigenvalue weighted by Gasteiger charge is 2.45. The van der Waals surface area contributed by atoms with Crippen LogP contribution in [0.2, 0.25) is 0 Å². The van der Waals surface area contributed by atoms with Crippen molar-refractivity contribution in [2.45, 2.75) is 75.5 Å². The van der Waals surface area contributed by atoms with Gasteiger partial charge in [-0.3, -0.25) is 0 Å². The second-order valence-corrected chi connectivity index (χ2v) is 10.9. The van der Waals surface area contributed by atoms with Gasteiger partial charge in [0.1, 0.15) is 22.5 Å². The molecule has 3 aromatic rings. The number of fused-ring (bicyclic) bond motifs is 2. The normalized spacial score (nSPS) is 26.1. The van der Waals surface area contributed by atoms with Crippen LogP contribution < -0.4 is 10.2 Å². The van der Waals surface area contributed by atoms with Crippen LogP contribution in [0.5, 0.6) is 5.75 Å². The maximum atomic E-state index is 10.6. The van der Waals surface area contributed by atoms with Crippen molar-refractivity contribution in [3.8, 4) is 33.6 Å². The van der Waals surface area contributed by atoms with Gasteiger partial charge in [0.05, 0.1) is 6.20 Å². The molecule has 2 saturated heterocycles. The standard InChI is InChI=1S/C24H26N8OS/c1-24-8-2-3-15(27-24)10-17(11-24)32(16-5-6-16)23-26-13-19(28-31-23)18-7-4-14(9-20(18)33)22-30-29-21(12-25)34-22/h4,7,9,13,15-17,27,33H,2-3,5-6,8,10-11H2,1H3/t15?,17-,24+/m0/s1. The summed E-state index contributed by atoms with van der Waals surface area (Å²) in [5.74, 6) is 0.752. The van der Waals surface area contributed by atoms with Gasteiger partial charge in [-0.1, -0.05) is 23.8 Å². The lowest BCUT2D eigenvalue weighted by Crippen LogP contribution is -2.61. The molecule has 2 aromatic heterocycles. The summed E-state index contributed by atoms with van der Waals surface area (Å²) in [7, 11) is 0. The second kappa shape index (κ2) is 8.25. The topological polar surface area (TPSA) is 124 Å². The highest BCUT2D eigenvalue weighted by atomic mass is 32.1. The molecule has 174 valence electrons. The molecule has 10 heteroatoms. The van der Waals surface area contributed by atoms with Crippen LogP contribution in [0.15, 0.2) is 24.4 Å². The van der Waals surface area contributed by atoms with Crippen LogP contribution >= 0.6 is 11.3 Å². The lowest BCUT2D eigenvalue weighted by Gasteiger charge is -2.50. The Bertz CT molecular complexity index is 1250. The fourth-order valence-corrected chi connectivity index (χ4v) is 6.25. The minimum atomic E-state index is 0.0632. The molecular formula is C24H26N8OS. The molecule has 6 rings (SSSR count). The van der Waals surface area contributed by atoms with E-state index in [2.05, 4.69) is 37.5 Å². The van der Waals surface area contributed by atoms with Gasteiger partial charge in [0, 0.05) is 34.8 Å². The molecular weight excluding hydrogens is 448 g/mol. The number of nitrogens with one attached hydrogen (secondary N) is 1. The number of aromatic nitrogens is 5. The Morgan fingerprint density at radius 3 is 2.74 bits per heavy atom. The van der Waals surface area contributed by atoms with Crippen LogP contribution in [0.1, 0.15) is 56.9 Å². The Labute approximate surface area is 201 Å². The Balaban J connectivity index is 1.25. The first-order valence-corrected chi connectivity index (χ1v) is 12.7. The average Bonchev–Trinajstić information content (AvgIpc) is 3.53. The summed E-state index contributed by atoms with van der Waals surface area (Å²) in [4.78, 5) is 7.13. The Morgan fingerprint density at radius 2 is 2.06 bits per heavy atom. The summed E-state index contributed by atoms with van der Waals surface area (Å²) >= 11 is 1.18. The number of phenolic OH excluding ortho intramolecular Hbond substituents is 1. The quantitative estimate of drug-likeness (QED) is 0.570. The number of nitrogens with zero attached hydrogens (tertiary/aromatic N) is 7. The number of nitriles is 1. The first-order chi connectivity index (χ1) is 16.5. The van der Waals surface area contributed by atoms with Gasteiger partial charge in [0.25, 0.3) is 0 Å². The molecule has 3 aliphatic rings. The summed E-state index contributed by atoms with van der Waals surface area (Å²) in [5.41, 5.74) is 1.97. The van der Waals surface area contributed by atoms with Crippen LogP contribution in [-0.2, 0) is 0 Å². The molecule has 2 N–H and O–H groups in total. The van der Waals surface area contributed by atoms with Gasteiger partial charge in [0.2, 0.25) is 11.0 Å². The van der Waals surface area contributed by atoms with Gasteiger partial charge in [-0.05, 0) is 57.6 Å². The molecule has 2 bridgehead atoms. The minimum absolute atomic E-state index is 0.0632. The van der Waals surface area contributed by atoms with Crippen molar-refractivity contribution in [1.82, 2.24) is 30.7 Å². The SMILES string of the molecule is C[C@@]12CCCC(C[C@H](N(c3ncc(-c4ccc(-c5nnc(C#N)s5)cc4O)nn3)C3CC3)C1)N2. The first kappa shape index (κ1) is 21.4. The zero-order valence-corrected chi connectivity index (χ0v) is 19.8. The third kappa shape index (κ3) is 3.99. The van der Waals surface area contributed by atoms with E-state index >= 15 is 0 Å². The molecule has 0 radical (unpaired) electrons. The van der Waals surface area contributed by atoms with Crippen LogP contribution in [-0.4, -0.2) is 54.1 Å². The smallest absolute Gasteiger partial charge is 0.245 e. The predicted molar refractivity (Wildman–Crippen MR) is 128 cm³/mol. The molecule has 3 fully saturated rings. The van der Waals surface area contributed by atoms with Crippen molar-refractivity contribution < 1.29 is 5.11 Å². The summed E-state index contributed by atoms with van der Waals surface area (Å²) in [6.45, 7) is 2.36. The third-order valence-corrected chi connectivity index (χ3v) is 8.11. The molecule has 0 amide bonds. The molecule has 0 spiro atoms. The van der Waals surface area contributed by atoms with E-state index in [9.17, 15) is 5.11 Å². The van der Waals surface area contributed by atoms with Crippen molar-refractivity contribution in [3.63, 3.8) is 0 Å². The van der Waals surface area contributed by atoms with E-state index in [4.69, 9.17) is 10.2 Å². The van der Waals surface area contributed by atoms with Gasteiger partial charge in [-0.15, -0.1) is 20.4 Å². The number of hydrogen-bond acceptors (Lipinski definition) is 10. The third-order valence-electron chi connectivity index (χ3n) is 7.23. The Hall–Kier alpha value is -3.16. The van der Waals surface area contributed by atoms with Crippen LogP contribution in [0.3, 0.4) is 0 Å². The van der Waals surface area contributed by atoms with Gasteiger partial charge < -0.3 is 15.3 Å². The van der Waals surface area contributed by atoms with Gasteiger partial charge in [-0.25, -0.2) is 4.98 Å². The van der Waals surface area contributed by atoms with E-state index in [1.54, 1.807) is 18.3 Å². The van der Waals surface area contributed by atoms with Crippen molar-refractivity contribution in [2.75, 3.05) is 4.90 Å². The number of benzene rings is 1. The lowest BCUT2D eigenvalue weighted by molar-refractivity contribution is 0.138. The highest BCUT2D eigenvalue weighted by molar-refractivity contribution is 7.15. The van der Waals surface area contributed by atoms with E-state index in [0.717, 1.165) is 12.8 Å². The number of anilines is 1. The maximum absolute atomic E-state index is 10.6. The van der Waals surface area contributed by atoms with Crippen LogP contribution in [0, 0.1) is 11.3 Å². The van der Waals surface area contributed by atoms with Crippen LogP contribution in [0.4, 0.5) is 5.95 Å². The summed E-state index contributed by atoms with van der Waals surface area (Å²) < 4.78 is 0. The maximum Gasteiger partial charge on any atom is 0.245 e. The summed E-state index contributed by atoms with van der Waals surface area (Å²) in [6.07, 6.45) is 10.1. The summed E-state index contributed by atoms with van der Waals surface area (Å²) in [5, 5.41) is 41.1. The Kier molecular flexibility index (Phi) is 5.19. The monoisotopic (exact) mass is 474 g/mol. The number of phenols is 1. The first-order valence-electron chi connectivity index (χ1n) is 11.8. The average molecular weight is 475 g/mol. The predicted octanol–water partition coefficient (Wildman–Crippen LogP) is 3.67. The van der Waals surface area contributed by atoms with Gasteiger partial charge in [0.15, 0.2) is 0 Å². The molecule has 1 unspecified atom stereocenters. The molecule has 1 saturated carbocycles. The van der Waals surface area contributed by atoms with Crippen LogP contribution in [0.25, 0.3) is 21.8 Å². The second-order valence-electron chi connectivity index (χ2n) is 9.93. The zero-order chi connectivity index (χ0) is 23.3. The lowest BCUT2D eigenvalue weighted by atomic mass is 9.75. The van der Waals surface area contributed by atoms with E-state index in [-0.39, 0.29) is 16.3 Å². The molecule has 9 nitrogen and oxygen atoms in total. The van der Waals surface area contributed by atoms with E-state index < -0.39 is 0 Å². The molecule has 4 heterocycles. The fraction of sp³-hybridized carbons (Fsp3) is 0.500. The number of rotatable bonds is 5. The number of hydrogen-bond donors (Lipinski definition) is 2. The van der Waals surface area contributed by atoms with Crippen molar-refractivity contribution >= 4 is 17.3 Å². The molecule has 2 aliphatic heterocycles. The number of aromatic hydroxyl groups is 1. The molecule has 1 aromatic carbocycles. The minimum Gasteiger partial charge on any atom is -0.507 e. The summed E-state index contributed by atoms with van der Waals surface area (Å²) in [6, 6.07) is 8.69. The van der Waals surface area contributed by atoms with Gasteiger partial charge in [-0.2, -0.15) is 5.26 Å². The fourth-order valence-electron chi connectivity index (χ4n) is 5.61. The molecule has 1 aliphatic carbocycles. The van der Waals surface area contributed by atoms with Gasteiger partial charge >= 0.3 is 0 Å². The number of piperidine rings is 2. The van der Waals surface area contributed by atoms with Crippen molar-refractivity contribution in [3.05, 3.63) is 29.4 Å². The largest absolute Gasteiger partial charge is 0.507 e. The molecule has 3 atom stereocenters. The van der Waals surface area contributed by atoms with E-state index in [1.165, 1.54) is 43.4 Å². The zero-order valence-electron chi connectivity index (χ0n) is 19.0. The van der Waals surface area contributed by atoms with Crippen molar-refractivity contribution in [1.29, 1.82) is 5.26 Å². The highest BCUT2D eigenvalue weighted by Crippen LogP contribution is 2.41. The van der Waals surface area contributed by atoms with Crippen molar-refractivity contribution in [2.24, 2.45) is 0 Å².